The van der Waals surface area contributed by atoms with E-state index in [4.69, 9.17) is 4.74 Å². The number of para-hydroxylation sites is 1. The number of ether oxygens (including phenoxy) is 1. The van der Waals surface area contributed by atoms with E-state index in [2.05, 4.69) is 15.6 Å². The van der Waals surface area contributed by atoms with Gasteiger partial charge in [-0.3, -0.25) is 4.79 Å². The molecule has 1 aliphatic rings. The molecule has 0 bridgehead atoms. The Labute approximate surface area is 133 Å². The van der Waals surface area contributed by atoms with E-state index in [1.54, 1.807) is 11.3 Å². The van der Waals surface area contributed by atoms with Gasteiger partial charge in [-0.05, 0) is 19.9 Å². The molecule has 1 aromatic heterocycles. The Hall–Kier alpha value is -2.08. The molecule has 2 N–H and O–H groups in total. The van der Waals surface area contributed by atoms with Crippen LogP contribution in [0.5, 0.6) is 5.75 Å². The second kappa shape index (κ2) is 5.96. The molecule has 2 heterocycles. The molecular weight excluding hydrogens is 298 g/mol. The van der Waals surface area contributed by atoms with Gasteiger partial charge in [0.25, 0.3) is 0 Å². The van der Waals surface area contributed by atoms with Crippen LogP contribution in [-0.2, 0) is 4.79 Å². The number of fused-ring (bicyclic) bond motifs is 1. The quantitative estimate of drug-likeness (QED) is 0.906. The Morgan fingerprint density at radius 1 is 1.41 bits per heavy atom. The van der Waals surface area contributed by atoms with Crippen LogP contribution in [0.1, 0.15) is 36.6 Å². The molecule has 0 aliphatic carbocycles. The predicted octanol–water partition coefficient (Wildman–Crippen LogP) is 3.45. The van der Waals surface area contributed by atoms with Gasteiger partial charge in [0.05, 0.1) is 11.0 Å². The molecule has 2 aromatic rings. The van der Waals surface area contributed by atoms with Crippen LogP contribution in [0, 0.1) is 0 Å². The molecule has 1 amide bonds. The zero-order valence-electron chi connectivity index (χ0n) is 12.8. The van der Waals surface area contributed by atoms with E-state index in [1.807, 2.05) is 45.2 Å². The molecule has 1 atom stereocenters. The zero-order valence-corrected chi connectivity index (χ0v) is 13.7. The van der Waals surface area contributed by atoms with Gasteiger partial charge < -0.3 is 15.4 Å². The summed E-state index contributed by atoms with van der Waals surface area (Å²) in [6, 6.07) is 7.93. The number of nitrogens with zero attached hydrogens (tertiary/aromatic N) is 1. The minimum absolute atomic E-state index is 0.00944. The number of hydrogen-bond acceptors (Lipinski definition) is 5. The van der Waals surface area contributed by atoms with E-state index in [1.165, 1.54) is 0 Å². The normalized spacial score (nSPS) is 17.1. The summed E-state index contributed by atoms with van der Waals surface area (Å²) >= 11 is 1.58. The van der Waals surface area contributed by atoms with Gasteiger partial charge >= 0.3 is 0 Å². The number of carbonyl (C=O) groups excluding carboxylic acids is 1. The Bertz CT molecular complexity index is 696. The minimum atomic E-state index is -0.0155. The van der Waals surface area contributed by atoms with Crippen LogP contribution in [-0.4, -0.2) is 24.0 Å². The van der Waals surface area contributed by atoms with Crippen molar-refractivity contribution in [1.82, 2.24) is 4.98 Å². The summed E-state index contributed by atoms with van der Waals surface area (Å²) in [5, 5.41) is 6.70. The van der Waals surface area contributed by atoms with Gasteiger partial charge in [0.15, 0.2) is 5.13 Å². The molecule has 0 saturated carbocycles. The van der Waals surface area contributed by atoms with Gasteiger partial charge in [-0.15, -0.1) is 0 Å². The van der Waals surface area contributed by atoms with Crippen molar-refractivity contribution in [2.24, 2.45) is 0 Å². The van der Waals surface area contributed by atoms with Crippen LogP contribution < -0.4 is 15.4 Å². The molecule has 0 spiro atoms. The van der Waals surface area contributed by atoms with E-state index < -0.39 is 0 Å². The lowest BCUT2D eigenvalue weighted by Gasteiger charge is -2.24. The first kappa shape index (κ1) is 14.8. The number of nitrogens with one attached hydrogen (secondary N) is 2. The van der Waals surface area contributed by atoms with E-state index in [9.17, 15) is 4.79 Å². The van der Waals surface area contributed by atoms with E-state index in [-0.39, 0.29) is 17.9 Å². The predicted molar refractivity (Wildman–Crippen MR) is 89.0 cm³/mol. The van der Waals surface area contributed by atoms with Crippen LogP contribution in [0.15, 0.2) is 24.3 Å². The number of rotatable bonds is 4. The number of carbonyl (C=O) groups is 1. The maximum Gasteiger partial charge on any atom is 0.226 e. The average Bonchev–Trinajstić information content (AvgIpc) is 2.89. The van der Waals surface area contributed by atoms with Crippen LogP contribution >= 0.6 is 11.3 Å². The summed E-state index contributed by atoms with van der Waals surface area (Å²) in [7, 11) is 1.83. The highest BCUT2D eigenvalue weighted by Crippen LogP contribution is 2.44. The highest BCUT2D eigenvalue weighted by atomic mass is 32.1. The van der Waals surface area contributed by atoms with Crippen LogP contribution in [0.25, 0.3) is 0 Å². The molecule has 5 nitrogen and oxygen atoms in total. The fraction of sp³-hybridized carbons (Fsp3) is 0.375. The Morgan fingerprint density at radius 3 is 2.91 bits per heavy atom. The molecule has 0 unspecified atom stereocenters. The second-order valence-corrected chi connectivity index (χ2v) is 6.52. The van der Waals surface area contributed by atoms with Crippen LogP contribution in [0.4, 0.5) is 10.9 Å². The molecule has 116 valence electrons. The van der Waals surface area contributed by atoms with Crippen molar-refractivity contribution >= 4 is 28.2 Å². The number of thiazole rings is 1. The highest BCUT2D eigenvalue weighted by Gasteiger charge is 2.32. The first-order valence-corrected chi connectivity index (χ1v) is 8.14. The van der Waals surface area contributed by atoms with Gasteiger partial charge in [0.1, 0.15) is 11.6 Å². The van der Waals surface area contributed by atoms with E-state index in [0.29, 0.717) is 12.2 Å². The Morgan fingerprint density at radius 2 is 2.18 bits per heavy atom. The lowest BCUT2D eigenvalue weighted by atomic mass is 9.91. The Balaban J connectivity index is 2.05. The van der Waals surface area contributed by atoms with Crippen molar-refractivity contribution in [2.45, 2.75) is 32.3 Å². The summed E-state index contributed by atoms with van der Waals surface area (Å²) in [5.74, 6) is 1.47. The maximum atomic E-state index is 12.0. The van der Waals surface area contributed by atoms with E-state index >= 15 is 0 Å². The highest BCUT2D eigenvalue weighted by molar-refractivity contribution is 7.16. The molecule has 3 rings (SSSR count). The molecular formula is C16H19N3O2S. The fourth-order valence-electron chi connectivity index (χ4n) is 2.61. The molecule has 0 radical (unpaired) electrons. The van der Waals surface area contributed by atoms with Crippen molar-refractivity contribution in [2.75, 3.05) is 17.7 Å². The monoisotopic (exact) mass is 317 g/mol. The van der Waals surface area contributed by atoms with Crippen molar-refractivity contribution < 1.29 is 9.53 Å². The van der Waals surface area contributed by atoms with Gasteiger partial charge in [0.2, 0.25) is 5.91 Å². The summed E-state index contributed by atoms with van der Waals surface area (Å²) in [6.07, 6.45) is 0.504. The second-order valence-electron chi connectivity index (χ2n) is 5.49. The topological polar surface area (TPSA) is 63.3 Å². The largest absolute Gasteiger partial charge is 0.491 e. The lowest BCUT2D eigenvalue weighted by Crippen LogP contribution is -2.23. The average molecular weight is 317 g/mol. The standard InChI is InChI=1S/C16H19N3O2S/c1-9(2)21-12-7-5-4-6-10(12)11-8-13(20)18-15-14(11)22-16(17-3)19-15/h4-7,9,11H,8H2,1-3H3,(H,17,19)(H,18,20)/t11-/m1/s1. The van der Waals surface area contributed by atoms with Gasteiger partial charge in [0, 0.05) is 24.9 Å². The smallest absolute Gasteiger partial charge is 0.226 e. The van der Waals surface area contributed by atoms with Crippen molar-refractivity contribution in [1.29, 1.82) is 0 Å². The molecule has 22 heavy (non-hydrogen) atoms. The number of anilines is 2. The zero-order chi connectivity index (χ0) is 15.7. The Kier molecular flexibility index (Phi) is 4.02. The molecule has 0 fully saturated rings. The van der Waals surface area contributed by atoms with Gasteiger partial charge in [-0.2, -0.15) is 0 Å². The summed E-state index contributed by atoms with van der Waals surface area (Å²) in [6.45, 7) is 4.00. The van der Waals surface area contributed by atoms with Crippen molar-refractivity contribution in [3.8, 4) is 5.75 Å². The third-order valence-corrected chi connectivity index (χ3v) is 4.67. The van der Waals surface area contributed by atoms with Gasteiger partial charge in [-0.25, -0.2) is 4.98 Å². The number of benzene rings is 1. The fourth-order valence-corrected chi connectivity index (χ4v) is 3.60. The summed E-state index contributed by atoms with van der Waals surface area (Å²) in [5.41, 5.74) is 1.04. The van der Waals surface area contributed by atoms with Crippen LogP contribution in [0.2, 0.25) is 0 Å². The lowest BCUT2D eigenvalue weighted by molar-refractivity contribution is -0.116. The van der Waals surface area contributed by atoms with E-state index in [0.717, 1.165) is 21.3 Å². The third kappa shape index (κ3) is 2.78. The van der Waals surface area contributed by atoms with Gasteiger partial charge in [-0.1, -0.05) is 29.5 Å². The third-order valence-electron chi connectivity index (χ3n) is 3.49. The number of aromatic nitrogens is 1. The summed E-state index contributed by atoms with van der Waals surface area (Å²) in [4.78, 5) is 17.5. The van der Waals surface area contributed by atoms with Crippen molar-refractivity contribution in [3.05, 3.63) is 34.7 Å². The van der Waals surface area contributed by atoms with Crippen molar-refractivity contribution in [3.63, 3.8) is 0 Å². The molecule has 0 saturated heterocycles. The molecule has 1 aliphatic heterocycles. The van der Waals surface area contributed by atoms with Crippen LogP contribution in [0.3, 0.4) is 0 Å². The molecule has 6 heteroatoms. The minimum Gasteiger partial charge on any atom is -0.491 e. The molecule has 1 aromatic carbocycles. The summed E-state index contributed by atoms with van der Waals surface area (Å²) < 4.78 is 5.92. The number of amides is 1. The SMILES string of the molecule is CNc1nc2c(s1)[C@@H](c1ccccc1OC(C)C)CC(=O)N2. The maximum absolute atomic E-state index is 12.0. The number of hydrogen-bond donors (Lipinski definition) is 2. The first-order chi connectivity index (χ1) is 10.6. The first-order valence-electron chi connectivity index (χ1n) is 7.32.